The number of fused-ring (bicyclic) bond motifs is 1. The zero-order valence-electron chi connectivity index (χ0n) is 12.8. The van der Waals surface area contributed by atoms with E-state index in [0.717, 1.165) is 19.0 Å². The maximum atomic E-state index is 3.49. The predicted molar refractivity (Wildman–Crippen MR) is 85.0 cm³/mol. The van der Waals surface area contributed by atoms with Crippen LogP contribution in [0.4, 0.5) is 0 Å². The lowest BCUT2D eigenvalue weighted by atomic mass is 9.96. The first kappa shape index (κ1) is 14.1. The van der Waals surface area contributed by atoms with Gasteiger partial charge in [-0.3, -0.25) is 4.90 Å². The SMILES string of the molecule is CCNCC1CCN(Cc2ccc3c(c2)CCC3)CC1. The van der Waals surface area contributed by atoms with Crippen LogP contribution in [0.15, 0.2) is 18.2 Å². The molecule has 1 aromatic rings. The molecule has 1 aliphatic heterocycles. The fraction of sp³-hybridized carbons (Fsp3) is 0.667. The van der Waals surface area contributed by atoms with E-state index in [1.807, 2.05) is 0 Å². The van der Waals surface area contributed by atoms with Gasteiger partial charge >= 0.3 is 0 Å². The first-order valence-corrected chi connectivity index (χ1v) is 8.39. The zero-order chi connectivity index (χ0) is 13.8. The number of hydrogen-bond acceptors (Lipinski definition) is 2. The van der Waals surface area contributed by atoms with E-state index < -0.39 is 0 Å². The summed E-state index contributed by atoms with van der Waals surface area (Å²) >= 11 is 0. The molecule has 0 atom stereocenters. The van der Waals surface area contributed by atoms with E-state index in [0.29, 0.717) is 0 Å². The molecule has 0 bridgehead atoms. The first-order valence-electron chi connectivity index (χ1n) is 8.39. The van der Waals surface area contributed by atoms with Crippen molar-refractivity contribution >= 4 is 0 Å². The van der Waals surface area contributed by atoms with Gasteiger partial charge in [0.1, 0.15) is 0 Å². The molecule has 110 valence electrons. The van der Waals surface area contributed by atoms with Crippen LogP contribution in [0.3, 0.4) is 0 Å². The normalized spacial score (nSPS) is 20.2. The average molecular weight is 272 g/mol. The molecule has 2 aliphatic rings. The summed E-state index contributed by atoms with van der Waals surface area (Å²) in [7, 11) is 0. The van der Waals surface area contributed by atoms with Crippen molar-refractivity contribution in [3.8, 4) is 0 Å². The highest BCUT2D eigenvalue weighted by Crippen LogP contribution is 2.24. The van der Waals surface area contributed by atoms with E-state index in [1.165, 1.54) is 57.3 Å². The minimum absolute atomic E-state index is 0.895. The van der Waals surface area contributed by atoms with Crippen molar-refractivity contribution in [2.45, 2.75) is 45.6 Å². The Balaban J connectivity index is 1.50. The fourth-order valence-corrected chi connectivity index (χ4v) is 3.68. The molecule has 0 saturated carbocycles. The molecule has 1 aromatic carbocycles. The molecule has 0 unspecified atom stereocenters. The van der Waals surface area contributed by atoms with Crippen LogP contribution in [0.2, 0.25) is 0 Å². The standard InChI is InChI=1S/C18H28N2/c1-2-19-13-15-8-10-20(11-9-15)14-16-6-7-17-4-3-5-18(17)12-16/h6-7,12,15,19H,2-5,8-11,13-14H2,1H3. The minimum Gasteiger partial charge on any atom is -0.317 e. The Morgan fingerprint density at radius 3 is 2.75 bits per heavy atom. The molecule has 3 rings (SSSR count). The number of piperidine rings is 1. The quantitative estimate of drug-likeness (QED) is 0.886. The van der Waals surface area contributed by atoms with E-state index in [-0.39, 0.29) is 0 Å². The lowest BCUT2D eigenvalue weighted by Crippen LogP contribution is -2.36. The van der Waals surface area contributed by atoms with Crippen LogP contribution >= 0.6 is 0 Å². The van der Waals surface area contributed by atoms with Gasteiger partial charge in [-0.2, -0.15) is 0 Å². The number of nitrogens with zero attached hydrogens (tertiary/aromatic N) is 1. The molecular formula is C18H28N2. The van der Waals surface area contributed by atoms with Gasteiger partial charge in [0.05, 0.1) is 0 Å². The van der Waals surface area contributed by atoms with Crippen molar-refractivity contribution in [1.29, 1.82) is 0 Å². The molecule has 1 saturated heterocycles. The zero-order valence-corrected chi connectivity index (χ0v) is 12.8. The largest absolute Gasteiger partial charge is 0.317 e. The third-order valence-electron chi connectivity index (χ3n) is 4.96. The Labute approximate surface area is 123 Å². The molecule has 0 amide bonds. The highest BCUT2D eigenvalue weighted by Gasteiger charge is 2.19. The summed E-state index contributed by atoms with van der Waals surface area (Å²) in [6.45, 7) is 8.21. The number of likely N-dealkylation sites (tertiary alicyclic amines) is 1. The van der Waals surface area contributed by atoms with E-state index >= 15 is 0 Å². The highest BCUT2D eigenvalue weighted by atomic mass is 15.1. The Morgan fingerprint density at radius 1 is 1.15 bits per heavy atom. The van der Waals surface area contributed by atoms with Gasteiger partial charge in [-0.25, -0.2) is 0 Å². The summed E-state index contributed by atoms with van der Waals surface area (Å²) in [4.78, 5) is 2.64. The molecule has 0 spiro atoms. The summed E-state index contributed by atoms with van der Waals surface area (Å²) in [6.07, 6.45) is 6.67. The highest BCUT2D eigenvalue weighted by molar-refractivity contribution is 5.35. The summed E-state index contributed by atoms with van der Waals surface area (Å²) in [5.74, 6) is 0.895. The molecule has 2 heteroatoms. The van der Waals surface area contributed by atoms with Gasteiger partial charge in [0, 0.05) is 6.54 Å². The predicted octanol–water partition coefficient (Wildman–Crippen LogP) is 3.00. The molecule has 1 aliphatic carbocycles. The number of benzene rings is 1. The van der Waals surface area contributed by atoms with E-state index in [9.17, 15) is 0 Å². The van der Waals surface area contributed by atoms with Crippen LogP contribution in [0.5, 0.6) is 0 Å². The Hall–Kier alpha value is -0.860. The van der Waals surface area contributed by atoms with E-state index in [1.54, 1.807) is 11.1 Å². The molecular weight excluding hydrogens is 244 g/mol. The van der Waals surface area contributed by atoms with Gasteiger partial charge in [0.25, 0.3) is 0 Å². The summed E-state index contributed by atoms with van der Waals surface area (Å²) in [5, 5.41) is 3.49. The van der Waals surface area contributed by atoms with E-state index in [2.05, 4.69) is 35.3 Å². The third-order valence-corrected chi connectivity index (χ3v) is 4.96. The molecule has 1 heterocycles. The maximum absolute atomic E-state index is 3.49. The van der Waals surface area contributed by atoms with Crippen LogP contribution in [0, 0.1) is 5.92 Å². The minimum atomic E-state index is 0.895. The summed E-state index contributed by atoms with van der Waals surface area (Å²) < 4.78 is 0. The van der Waals surface area contributed by atoms with Crippen LogP contribution < -0.4 is 5.32 Å². The van der Waals surface area contributed by atoms with Crippen molar-refractivity contribution in [3.05, 3.63) is 34.9 Å². The molecule has 20 heavy (non-hydrogen) atoms. The second kappa shape index (κ2) is 6.73. The van der Waals surface area contributed by atoms with Crippen molar-refractivity contribution in [3.63, 3.8) is 0 Å². The van der Waals surface area contributed by atoms with Gasteiger partial charge in [-0.05, 0) is 80.9 Å². The van der Waals surface area contributed by atoms with Crippen molar-refractivity contribution in [2.75, 3.05) is 26.2 Å². The molecule has 1 fully saturated rings. The number of hydrogen-bond donors (Lipinski definition) is 1. The first-order chi connectivity index (χ1) is 9.85. The van der Waals surface area contributed by atoms with Crippen LogP contribution in [-0.4, -0.2) is 31.1 Å². The summed E-state index contributed by atoms with van der Waals surface area (Å²) in [5.41, 5.74) is 4.73. The second-order valence-corrected chi connectivity index (χ2v) is 6.48. The number of rotatable bonds is 5. The monoisotopic (exact) mass is 272 g/mol. The van der Waals surface area contributed by atoms with Gasteiger partial charge < -0.3 is 5.32 Å². The second-order valence-electron chi connectivity index (χ2n) is 6.48. The van der Waals surface area contributed by atoms with Gasteiger partial charge in [0.2, 0.25) is 0 Å². The van der Waals surface area contributed by atoms with Crippen LogP contribution in [0.1, 0.15) is 42.9 Å². The van der Waals surface area contributed by atoms with E-state index in [4.69, 9.17) is 0 Å². The van der Waals surface area contributed by atoms with Gasteiger partial charge in [-0.15, -0.1) is 0 Å². The fourth-order valence-electron chi connectivity index (χ4n) is 3.68. The molecule has 0 aromatic heterocycles. The smallest absolute Gasteiger partial charge is 0.0233 e. The number of aryl methyl sites for hydroxylation is 2. The Kier molecular flexibility index (Phi) is 4.74. The lowest BCUT2D eigenvalue weighted by molar-refractivity contribution is 0.176. The molecule has 2 nitrogen and oxygen atoms in total. The molecule has 1 N–H and O–H groups in total. The lowest BCUT2D eigenvalue weighted by Gasteiger charge is -2.32. The van der Waals surface area contributed by atoms with Crippen molar-refractivity contribution < 1.29 is 0 Å². The average Bonchev–Trinajstić information content (AvgIpc) is 2.94. The maximum Gasteiger partial charge on any atom is 0.0233 e. The topological polar surface area (TPSA) is 15.3 Å². The van der Waals surface area contributed by atoms with Crippen LogP contribution in [0.25, 0.3) is 0 Å². The molecule has 0 radical (unpaired) electrons. The third kappa shape index (κ3) is 3.42. The van der Waals surface area contributed by atoms with Crippen molar-refractivity contribution in [2.24, 2.45) is 5.92 Å². The summed E-state index contributed by atoms with van der Waals surface area (Å²) in [6, 6.07) is 7.19. The van der Waals surface area contributed by atoms with Gasteiger partial charge in [-0.1, -0.05) is 25.1 Å². The van der Waals surface area contributed by atoms with Gasteiger partial charge in [0.15, 0.2) is 0 Å². The Morgan fingerprint density at radius 2 is 1.95 bits per heavy atom. The van der Waals surface area contributed by atoms with Crippen molar-refractivity contribution in [1.82, 2.24) is 10.2 Å². The van der Waals surface area contributed by atoms with Crippen LogP contribution in [-0.2, 0) is 19.4 Å². The Bertz CT molecular complexity index is 433. The number of nitrogens with one attached hydrogen (secondary N) is 1.